The molecule has 18 heavy (non-hydrogen) atoms. The highest BCUT2D eigenvalue weighted by Crippen LogP contribution is 2.27. The van der Waals surface area contributed by atoms with Crippen molar-refractivity contribution in [3.63, 3.8) is 0 Å². The Labute approximate surface area is 117 Å². The van der Waals surface area contributed by atoms with E-state index in [0.717, 1.165) is 32.1 Å². The second-order valence-corrected chi connectivity index (χ2v) is 5.81. The maximum absolute atomic E-state index is 4.55. The lowest BCUT2D eigenvalue weighted by Gasteiger charge is -2.01. The van der Waals surface area contributed by atoms with Gasteiger partial charge >= 0.3 is 0 Å². The van der Waals surface area contributed by atoms with E-state index < -0.39 is 0 Å². The van der Waals surface area contributed by atoms with E-state index in [0.29, 0.717) is 0 Å². The van der Waals surface area contributed by atoms with Crippen LogP contribution >= 0.6 is 27.3 Å². The first-order chi connectivity index (χ1) is 8.74. The van der Waals surface area contributed by atoms with Gasteiger partial charge in [-0.1, -0.05) is 28.1 Å². The summed E-state index contributed by atoms with van der Waals surface area (Å²) in [5, 5.41) is 9.31. The molecule has 0 unspecified atom stereocenters. The minimum absolute atomic E-state index is 0.734. The molecule has 1 aromatic carbocycles. The lowest BCUT2D eigenvalue weighted by Crippen LogP contribution is -1.85. The molecule has 0 radical (unpaired) electrons. The number of hydrogen-bond donors (Lipinski definition) is 1. The third-order valence-electron chi connectivity index (χ3n) is 2.68. The third-order valence-corrected chi connectivity index (χ3v) is 4.05. The molecule has 2 heterocycles. The lowest BCUT2D eigenvalue weighted by atomic mass is 10.1. The van der Waals surface area contributed by atoms with Gasteiger partial charge < -0.3 is 0 Å². The molecule has 1 N–H and O–H groups in total. The van der Waals surface area contributed by atoms with Crippen LogP contribution in [0.15, 0.2) is 40.2 Å². The van der Waals surface area contributed by atoms with E-state index in [2.05, 4.69) is 44.1 Å². The van der Waals surface area contributed by atoms with Crippen LogP contribution < -0.4 is 0 Å². The van der Waals surface area contributed by atoms with Gasteiger partial charge in [0, 0.05) is 10.0 Å². The van der Waals surface area contributed by atoms with Crippen molar-refractivity contribution < 1.29 is 0 Å². The number of halogens is 1. The van der Waals surface area contributed by atoms with Crippen LogP contribution in [0.3, 0.4) is 0 Å². The molecule has 3 rings (SSSR count). The smallest absolute Gasteiger partial charge is 0.181 e. The Hall–Kier alpha value is -1.46. The van der Waals surface area contributed by atoms with E-state index in [1.54, 1.807) is 11.3 Å². The number of H-pyrrole nitrogens is 1. The standard InChI is InChI=1S/C13H10BrN3S/c1-8-4-5-9(14)7-10(8)12-15-13(17-16-12)11-3-2-6-18-11/h2-7H,1H3,(H,15,16,17). The zero-order valence-corrected chi connectivity index (χ0v) is 12.0. The summed E-state index contributed by atoms with van der Waals surface area (Å²) in [6, 6.07) is 10.2. The molecule has 0 amide bonds. The summed E-state index contributed by atoms with van der Waals surface area (Å²) in [4.78, 5) is 5.65. The van der Waals surface area contributed by atoms with Crippen molar-refractivity contribution in [2.75, 3.05) is 0 Å². The van der Waals surface area contributed by atoms with Crippen molar-refractivity contribution in [1.82, 2.24) is 15.2 Å². The molecule has 5 heteroatoms. The Kier molecular flexibility index (Phi) is 3.01. The van der Waals surface area contributed by atoms with Gasteiger partial charge in [0.25, 0.3) is 0 Å². The first-order valence-corrected chi connectivity index (χ1v) is 7.14. The maximum Gasteiger partial charge on any atom is 0.181 e. The van der Waals surface area contributed by atoms with Crippen molar-refractivity contribution in [3.8, 4) is 22.1 Å². The van der Waals surface area contributed by atoms with E-state index in [4.69, 9.17) is 0 Å². The molecular formula is C13H10BrN3S. The minimum Gasteiger partial charge on any atom is -0.258 e. The number of thiophene rings is 1. The zero-order valence-electron chi connectivity index (χ0n) is 9.64. The molecule has 0 aliphatic carbocycles. The Morgan fingerprint density at radius 1 is 1.28 bits per heavy atom. The molecule has 0 bridgehead atoms. The van der Waals surface area contributed by atoms with Gasteiger partial charge in [-0.25, -0.2) is 4.98 Å². The first kappa shape index (κ1) is 11.6. The summed E-state index contributed by atoms with van der Waals surface area (Å²) in [7, 11) is 0. The van der Waals surface area contributed by atoms with Gasteiger partial charge in [0.15, 0.2) is 11.6 Å². The highest BCUT2D eigenvalue weighted by molar-refractivity contribution is 9.10. The van der Waals surface area contributed by atoms with Crippen molar-refractivity contribution >= 4 is 27.3 Å². The largest absolute Gasteiger partial charge is 0.258 e. The molecule has 0 aliphatic heterocycles. The van der Waals surface area contributed by atoms with Crippen LogP contribution in [0, 0.1) is 6.92 Å². The SMILES string of the molecule is Cc1ccc(Br)cc1-c1n[nH]c(-c2cccs2)n1. The zero-order chi connectivity index (χ0) is 12.5. The quantitative estimate of drug-likeness (QED) is 0.766. The van der Waals surface area contributed by atoms with Crippen LogP contribution in [0.4, 0.5) is 0 Å². The van der Waals surface area contributed by atoms with E-state index in [-0.39, 0.29) is 0 Å². The highest BCUT2D eigenvalue weighted by Gasteiger charge is 2.10. The van der Waals surface area contributed by atoms with Crippen molar-refractivity contribution in [1.29, 1.82) is 0 Å². The molecule has 3 aromatic rings. The second-order valence-electron chi connectivity index (χ2n) is 3.94. The molecule has 0 saturated carbocycles. The lowest BCUT2D eigenvalue weighted by molar-refractivity contribution is 1.10. The first-order valence-electron chi connectivity index (χ1n) is 5.47. The topological polar surface area (TPSA) is 41.6 Å². The van der Waals surface area contributed by atoms with Gasteiger partial charge in [0.1, 0.15) is 0 Å². The van der Waals surface area contributed by atoms with Crippen molar-refractivity contribution in [2.24, 2.45) is 0 Å². The minimum atomic E-state index is 0.734. The van der Waals surface area contributed by atoms with Crippen LogP contribution in [0.2, 0.25) is 0 Å². The van der Waals surface area contributed by atoms with Gasteiger partial charge in [0.2, 0.25) is 0 Å². The predicted molar refractivity (Wildman–Crippen MR) is 77.6 cm³/mol. The molecule has 2 aromatic heterocycles. The third kappa shape index (κ3) is 2.11. The van der Waals surface area contributed by atoms with Crippen molar-refractivity contribution in [2.45, 2.75) is 6.92 Å². The van der Waals surface area contributed by atoms with Gasteiger partial charge in [-0.2, -0.15) is 5.10 Å². The van der Waals surface area contributed by atoms with Gasteiger partial charge in [0.05, 0.1) is 4.88 Å². The summed E-state index contributed by atoms with van der Waals surface area (Å²) in [5.74, 6) is 1.55. The molecule has 0 spiro atoms. The number of aromatic amines is 1. The van der Waals surface area contributed by atoms with Crippen LogP contribution in [0.5, 0.6) is 0 Å². The number of aryl methyl sites for hydroxylation is 1. The maximum atomic E-state index is 4.55. The molecule has 0 atom stereocenters. The Bertz CT molecular complexity index is 673. The molecule has 90 valence electrons. The van der Waals surface area contributed by atoms with Crippen molar-refractivity contribution in [3.05, 3.63) is 45.7 Å². The number of benzene rings is 1. The fraction of sp³-hybridized carbons (Fsp3) is 0.0769. The Morgan fingerprint density at radius 3 is 2.94 bits per heavy atom. The number of rotatable bonds is 2. The average molecular weight is 320 g/mol. The fourth-order valence-electron chi connectivity index (χ4n) is 1.74. The van der Waals surface area contributed by atoms with Crippen LogP contribution in [-0.4, -0.2) is 15.2 Å². The molecule has 0 fully saturated rings. The van der Waals surface area contributed by atoms with Gasteiger partial charge in [-0.15, -0.1) is 11.3 Å². The van der Waals surface area contributed by atoms with Crippen LogP contribution in [0.1, 0.15) is 5.56 Å². The van der Waals surface area contributed by atoms with E-state index in [9.17, 15) is 0 Å². The van der Waals surface area contributed by atoms with Crippen LogP contribution in [-0.2, 0) is 0 Å². The van der Waals surface area contributed by atoms with Crippen LogP contribution in [0.25, 0.3) is 22.1 Å². The summed E-state index contributed by atoms with van der Waals surface area (Å²) >= 11 is 5.12. The molecular weight excluding hydrogens is 310 g/mol. The second kappa shape index (κ2) is 4.66. The summed E-state index contributed by atoms with van der Waals surface area (Å²) in [5.41, 5.74) is 2.21. The van der Waals surface area contributed by atoms with E-state index in [1.165, 1.54) is 0 Å². The molecule has 0 saturated heterocycles. The number of nitrogens with one attached hydrogen (secondary N) is 1. The number of nitrogens with zero attached hydrogens (tertiary/aromatic N) is 2. The summed E-state index contributed by atoms with van der Waals surface area (Å²) in [6.07, 6.45) is 0. The van der Waals surface area contributed by atoms with E-state index in [1.807, 2.05) is 29.6 Å². The van der Waals surface area contributed by atoms with Gasteiger partial charge in [-0.05, 0) is 36.1 Å². The summed E-state index contributed by atoms with van der Waals surface area (Å²) in [6.45, 7) is 2.06. The molecule has 0 aliphatic rings. The Balaban J connectivity index is 2.05. The average Bonchev–Trinajstić information content (AvgIpc) is 3.00. The normalized spacial score (nSPS) is 10.8. The highest BCUT2D eigenvalue weighted by atomic mass is 79.9. The fourth-order valence-corrected chi connectivity index (χ4v) is 2.77. The molecule has 3 nitrogen and oxygen atoms in total. The predicted octanol–water partition coefficient (Wildman–Crippen LogP) is 4.27. The Morgan fingerprint density at radius 2 is 2.17 bits per heavy atom. The number of hydrogen-bond acceptors (Lipinski definition) is 3. The summed E-state index contributed by atoms with van der Waals surface area (Å²) < 4.78 is 1.03. The monoisotopic (exact) mass is 319 g/mol. The van der Waals surface area contributed by atoms with Gasteiger partial charge in [-0.3, -0.25) is 5.10 Å². The number of aromatic nitrogens is 3. The van der Waals surface area contributed by atoms with E-state index >= 15 is 0 Å².